The summed E-state index contributed by atoms with van der Waals surface area (Å²) in [6.45, 7) is 0.389. The molecule has 0 aromatic carbocycles. The van der Waals surface area contributed by atoms with E-state index in [1.807, 2.05) is 11.4 Å². The monoisotopic (exact) mass is 377 g/mol. The molecule has 0 spiro atoms. The molecule has 1 aliphatic rings. The Morgan fingerprint density at radius 2 is 2.40 bits per heavy atom. The van der Waals surface area contributed by atoms with Crippen molar-refractivity contribution in [3.63, 3.8) is 0 Å². The number of sulfone groups is 1. The van der Waals surface area contributed by atoms with Crippen LogP contribution in [0, 0.1) is 0 Å². The minimum atomic E-state index is -2.87. The Kier molecular flexibility index (Phi) is 3.93. The Morgan fingerprint density at radius 3 is 3.05 bits per heavy atom. The molecule has 6 nitrogen and oxygen atoms in total. The highest BCUT2D eigenvalue weighted by Crippen LogP contribution is 2.27. The summed E-state index contributed by atoms with van der Waals surface area (Å²) in [6, 6.07) is 1.90. The topological polar surface area (TPSA) is 85.1 Å². The number of hydrogen-bond acceptors (Lipinski definition) is 7. The Morgan fingerprint density at radius 1 is 1.55 bits per heavy atom. The second-order valence-electron chi connectivity index (χ2n) is 4.62. The van der Waals surface area contributed by atoms with E-state index in [9.17, 15) is 8.42 Å². The van der Waals surface area contributed by atoms with Gasteiger partial charge in [-0.2, -0.15) is 4.98 Å². The van der Waals surface area contributed by atoms with Crippen LogP contribution in [0.15, 0.2) is 20.4 Å². The van der Waals surface area contributed by atoms with Crippen molar-refractivity contribution in [1.82, 2.24) is 15.5 Å². The number of aromatic nitrogens is 2. The maximum atomic E-state index is 11.3. The highest BCUT2D eigenvalue weighted by atomic mass is 79.9. The molecule has 0 bridgehead atoms. The number of nitrogens with one attached hydrogen (secondary N) is 1. The first kappa shape index (κ1) is 14.2. The third kappa shape index (κ3) is 3.27. The van der Waals surface area contributed by atoms with Crippen molar-refractivity contribution in [3.8, 4) is 10.7 Å². The molecule has 0 amide bonds. The van der Waals surface area contributed by atoms with E-state index in [4.69, 9.17) is 4.52 Å². The number of hydrogen-bond donors (Lipinski definition) is 1. The molecule has 3 heterocycles. The fraction of sp³-hybridized carbons (Fsp3) is 0.455. The van der Waals surface area contributed by atoms with Crippen LogP contribution < -0.4 is 5.32 Å². The molecule has 0 radical (unpaired) electrons. The molecular formula is C11H12BrN3O3S2. The zero-order valence-electron chi connectivity index (χ0n) is 10.4. The van der Waals surface area contributed by atoms with Crippen LogP contribution in [0.3, 0.4) is 0 Å². The Hall–Kier alpha value is -0.770. The number of nitrogens with zero attached hydrogens (tertiary/aromatic N) is 2. The standard InChI is InChI=1S/C11H12BrN3O3S2/c12-7-3-9(19-5-7)11-14-10(18-15-11)4-13-8-1-2-20(16,17)6-8/h3,5,8,13H,1-2,4,6H2. The Bertz CT molecular complexity index is 710. The van der Waals surface area contributed by atoms with Crippen molar-refractivity contribution in [3.05, 3.63) is 21.8 Å². The quantitative estimate of drug-likeness (QED) is 0.874. The van der Waals surface area contributed by atoms with E-state index in [2.05, 4.69) is 31.4 Å². The van der Waals surface area contributed by atoms with Gasteiger partial charge in [0.2, 0.25) is 11.7 Å². The van der Waals surface area contributed by atoms with E-state index in [1.165, 1.54) is 11.3 Å². The summed E-state index contributed by atoms with van der Waals surface area (Å²) in [5.74, 6) is 1.46. The lowest BCUT2D eigenvalue weighted by atomic mass is 10.3. The lowest BCUT2D eigenvalue weighted by Crippen LogP contribution is -2.29. The summed E-state index contributed by atoms with van der Waals surface area (Å²) in [5.41, 5.74) is 0. The Labute approximate surface area is 128 Å². The first-order chi connectivity index (χ1) is 9.52. The average molecular weight is 378 g/mol. The van der Waals surface area contributed by atoms with Gasteiger partial charge in [-0.05, 0) is 28.4 Å². The highest BCUT2D eigenvalue weighted by Gasteiger charge is 2.27. The molecule has 1 unspecified atom stereocenters. The molecule has 2 aromatic rings. The van der Waals surface area contributed by atoms with Gasteiger partial charge in [0.05, 0.1) is 22.9 Å². The predicted octanol–water partition coefficient (Wildman–Crippen LogP) is 1.84. The van der Waals surface area contributed by atoms with Gasteiger partial charge in [0, 0.05) is 15.9 Å². The maximum absolute atomic E-state index is 11.3. The average Bonchev–Trinajstić information content (AvgIpc) is 3.06. The van der Waals surface area contributed by atoms with Gasteiger partial charge in [0.15, 0.2) is 9.84 Å². The summed E-state index contributed by atoms with van der Waals surface area (Å²) in [4.78, 5) is 5.22. The van der Waals surface area contributed by atoms with E-state index in [0.29, 0.717) is 24.7 Å². The molecular weight excluding hydrogens is 366 g/mol. The zero-order valence-corrected chi connectivity index (χ0v) is 13.6. The molecule has 2 aromatic heterocycles. The summed E-state index contributed by atoms with van der Waals surface area (Å²) < 4.78 is 28.8. The van der Waals surface area contributed by atoms with Crippen LogP contribution in [0.25, 0.3) is 10.7 Å². The highest BCUT2D eigenvalue weighted by molar-refractivity contribution is 9.10. The van der Waals surface area contributed by atoms with Gasteiger partial charge >= 0.3 is 0 Å². The molecule has 1 aliphatic heterocycles. The van der Waals surface area contributed by atoms with Crippen LogP contribution in [-0.4, -0.2) is 36.1 Å². The van der Waals surface area contributed by atoms with Gasteiger partial charge in [-0.15, -0.1) is 11.3 Å². The van der Waals surface area contributed by atoms with E-state index in [0.717, 1.165) is 9.35 Å². The van der Waals surface area contributed by atoms with Gasteiger partial charge < -0.3 is 9.84 Å². The van der Waals surface area contributed by atoms with Crippen molar-refractivity contribution in [2.45, 2.75) is 19.0 Å². The van der Waals surface area contributed by atoms with Gasteiger partial charge in [-0.3, -0.25) is 0 Å². The normalized spacial score (nSPS) is 21.4. The lowest BCUT2D eigenvalue weighted by molar-refractivity contribution is 0.360. The molecule has 20 heavy (non-hydrogen) atoms. The van der Waals surface area contributed by atoms with Crippen LogP contribution in [0.5, 0.6) is 0 Å². The van der Waals surface area contributed by atoms with Crippen LogP contribution in [-0.2, 0) is 16.4 Å². The van der Waals surface area contributed by atoms with Gasteiger partial charge in [-0.25, -0.2) is 8.42 Å². The summed E-state index contributed by atoms with van der Waals surface area (Å²) in [6.07, 6.45) is 0.640. The Balaban J connectivity index is 1.61. The van der Waals surface area contributed by atoms with Crippen molar-refractivity contribution in [2.75, 3.05) is 11.5 Å². The van der Waals surface area contributed by atoms with Crippen molar-refractivity contribution in [1.29, 1.82) is 0 Å². The number of rotatable bonds is 4. The van der Waals surface area contributed by atoms with Crippen molar-refractivity contribution >= 4 is 37.1 Å². The fourth-order valence-corrected chi connectivity index (χ4v) is 5.10. The molecule has 1 N–H and O–H groups in total. The SMILES string of the molecule is O=S1(=O)CCC(NCc2nc(-c3cc(Br)cs3)no2)C1. The fourth-order valence-electron chi connectivity index (χ4n) is 2.04. The first-order valence-corrected chi connectivity index (χ1v) is 9.52. The molecule has 108 valence electrons. The van der Waals surface area contributed by atoms with Gasteiger partial charge in [0.1, 0.15) is 0 Å². The summed E-state index contributed by atoms with van der Waals surface area (Å²) >= 11 is 4.90. The van der Waals surface area contributed by atoms with Gasteiger partial charge in [0.25, 0.3) is 0 Å². The molecule has 1 fully saturated rings. The number of halogens is 1. The van der Waals surface area contributed by atoms with Gasteiger partial charge in [-0.1, -0.05) is 5.16 Å². The van der Waals surface area contributed by atoms with Crippen LogP contribution in [0.1, 0.15) is 12.3 Å². The third-order valence-corrected chi connectivity index (χ3v) is 6.49. The second kappa shape index (κ2) is 5.55. The third-order valence-electron chi connectivity index (χ3n) is 3.03. The van der Waals surface area contributed by atoms with Crippen LogP contribution in [0.4, 0.5) is 0 Å². The molecule has 0 saturated carbocycles. The van der Waals surface area contributed by atoms with E-state index in [1.54, 1.807) is 0 Å². The van der Waals surface area contributed by atoms with Crippen LogP contribution >= 0.6 is 27.3 Å². The zero-order chi connectivity index (χ0) is 14.2. The molecule has 3 rings (SSSR count). The summed E-state index contributed by atoms with van der Waals surface area (Å²) in [5, 5.41) is 9.01. The van der Waals surface area contributed by atoms with Crippen LogP contribution in [0.2, 0.25) is 0 Å². The lowest BCUT2D eigenvalue weighted by Gasteiger charge is -2.06. The minimum Gasteiger partial charge on any atom is -0.338 e. The van der Waals surface area contributed by atoms with E-state index >= 15 is 0 Å². The predicted molar refractivity (Wildman–Crippen MR) is 79.2 cm³/mol. The minimum absolute atomic E-state index is 0.0220. The van der Waals surface area contributed by atoms with Crippen molar-refractivity contribution < 1.29 is 12.9 Å². The molecule has 0 aliphatic carbocycles. The molecule has 1 saturated heterocycles. The van der Waals surface area contributed by atoms with E-state index < -0.39 is 9.84 Å². The number of thiophene rings is 1. The maximum Gasteiger partial charge on any atom is 0.240 e. The largest absolute Gasteiger partial charge is 0.338 e. The second-order valence-corrected chi connectivity index (χ2v) is 8.68. The van der Waals surface area contributed by atoms with E-state index in [-0.39, 0.29) is 17.5 Å². The first-order valence-electron chi connectivity index (χ1n) is 6.03. The molecule has 1 atom stereocenters. The molecule has 9 heteroatoms. The smallest absolute Gasteiger partial charge is 0.240 e. The van der Waals surface area contributed by atoms with Crippen molar-refractivity contribution in [2.24, 2.45) is 0 Å². The summed E-state index contributed by atoms with van der Waals surface area (Å²) in [7, 11) is -2.87.